The summed E-state index contributed by atoms with van der Waals surface area (Å²) in [6, 6.07) is 4.26. The second-order valence-corrected chi connectivity index (χ2v) is 5.08. The minimum absolute atomic E-state index is 0.956. The van der Waals surface area contributed by atoms with Gasteiger partial charge in [-0.3, -0.25) is 9.67 Å². The molecule has 0 amide bonds. The predicted octanol–water partition coefficient (Wildman–Crippen LogP) is 3.13. The highest BCUT2D eigenvalue weighted by atomic mass is 32.2. The van der Waals surface area contributed by atoms with Crippen molar-refractivity contribution >= 4 is 11.8 Å². The lowest BCUT2D eigenvalue weighted by Crippen LogP contribution is -1.96. The molecule has 0 aliphatic rings. The van der Waals surface area contributed by atoms with E-state index in [0.717, 1.165) is 22.1 Å². The van der Waals surface area contributed by atoms with E-state index >= 15 is 0 Å². The van der Waals surface area contributed by atoms with Crippen molar-refractivity contribution in [1.82, 2.24) is 14.8 Å². The topological polar surface area (TPSA) is 30.7 Å². The maximum atomic E-state index is 4.65. The Morgan fingerprint density at radius 3 is 2.41 bits per heavy atom. The van der Waals surface area contributed by atoms with Gasteiger partial charge in [-0.15, -0.1) is 11.8 Å². The van der Waals surface area contributed by atoms with Crippen molar-refractivity contribution in [2.75, 3.05) is 6.26 Å². The van der Waals surface area contributed by atoms with Crippen LogP contribution in [0.25, 0.3) is 11.4 Å². The summed E-state index contributed by atoms with van der Waals surface area (Å²) in [5.74, 6) is 0. The Balaban J connectivity index is 2.56. The van der Waals surface area contributed by atoms with E-state index in [4.69, 9.17) is 0 Å². The molecule has 0 spiro atoms. The summed E-state index contributed by atoms with van der Waals surface area (Å²) in [5.41, 5.74) is 5.43. The van der Waals surface area contributed by atoms with Crippen LogP contribution in [0.5, 0.6) is 0 Å². The van der Waals surface area contributed by atoms with Crippen LogP contribution in [0.3, 0.4) is 0 Å². The van der Waals surface area contributed by atoms with Crippen molar-refractivity contribution < 1.29 is 0 Å². The summed E-state index contributed by atoms with van der Waals surface area (Å²) in [6.07, 6.45) is 2.06. The molecule has 2 rings (SSSR count). The average Bonchev–Trinajstić information content (AvgIpc) is 2.65. The zero-order chi connectivity index (χ0) is 12.6. The van der Waals surface area contributed by atoms with E-state index in [-0.39, 0.29) is 0 Å². The minimum atomic E-state index is 0.956. The largest absolute Gasteiger partial charge is 0.261 e. The van der Waals surface area contributed by atoms with Gasteiger partial charge in [0.1, 0.15) is 5.69 Å². The summed E-state index contributed by atoms with van der Waals surface area (Å²) in [7, 11) is 1.96. The van der Waals surface area contributed by atoms with E-state index in [0.29, 0.717) is 0 Å². The van der Waals surface area contributed by atoms with E-state index in [1.807, 2.05) is 18.7 Å². The van der Waals surface area contributed by atoms with Crippen molar-refractivity contribution in [2.45, 2.75) is 25.8 Å². The Labute approximate surface area is 106 Å². The fraction of sp³-hybridized carbons (Fsp3) is 0.385. The highest BCUT2D eigenvalue weighted by molar-refractivity contribution is 7.98. The molecule has 2 heterocycles. The molecule has 0 radical (unpaired) electrons. The van der Waals surface area contributed by atoms with Gasteiger partial charge in [0.2, 0.25) is 0 Å². The van der Waals surface area contributed by atoms with Gasteiger partial charge in [0.05, 0.1) is 10.7 Å². The lowest BCUT2D eigenvalue weighted by Gasteiger charge is -2.06. The van der Waals surface area contributed by atoms with Crippen LogP contribution in [-0.4, -0.2) is 21.0 Å². The second kappa shape index (κ2) is 4.53. The van der Waals surface area contributed by atoms with Crippen molar-refractivity contribution in [1.29, 1.82) is 0 Å². The van der Waals surface area contributed by atoms with Crippen molar-refractivity contribution in [2.24, 2.45) is 7.05 Å². The summed E-state index contributed by atoms with van der Waals surface area (Å²) in [4.78, 5) is 4.65. The predicted molar refractivity (Wildman–Crippen MR) is 72.4 cm³/mol. The molecule has 17 heavy (non-hydrogen) atoms. The Morgan fingerprint density at radius 1 is 1.12 bits per heavy atom. The lowest BCUT2D eigenvalue weighted by atomic mass is 10.1. The van der Waals surface area contributed by atoms with Crippen LogP contribution in [0.4, 0.5) is 0 Å². The van der Waals surface area contributed by atoms with Gasteiger partial charge >= 0.3 is 0 Å². The lowest BCUT2D eigenvalue weighted by molar-refractivity contribution is 0.701. The molecule has 0 aliphatic heterocycles. The van der Waals surface area contributed by atoms with Gasteiger partial charge < -0.3 is 0 Å². The third-order valence-corrected chi connectivity index (χ3v) is 3.75. The number of aryl methyl sites for hydroxylation is 4. The third kappa shape index (κ3) is 2.22. The van der Waals surface area contributed by atoms with Crippen molar-refractivity contribution in [3.05, 3.63) is 29.0 Å². The van der Waals surface area contributed by atoms with E-state index in [9.17, 15) is 0 Å². The van der Waals surface area contributed by atoms with Crippen LogP contribution in [0.2, 0.25) is 0 Å². The molecule has 0 fully saturated rings. The molecule has 0 saturated heterocycles. The van der Waals surface area contributed by atoms with Gasteiger partial charge in [0.25, 0.3) is 0 Å². The molecule has 0 bridgehead atoms. The van der Waals surface area contributed by atoms with Gasteiger partial charge in [0.15, 0.2) is 0 Å². The molecule has 0 N–H and O–H groups in total. The molecule has 3 nitrogen and oxygen atoms in total. The second-order valence-electron chi connectivity index (χ2n) is 4.25. The number of rotatable bonds is 2. The fourth-order valence-electron chi connectivity index (χ4n) is 1.86. The summed E-state index contributed by atoms with van der Waals surface area (Å²) in [5, 5.41) is 5.67. The minimum Gasteiger partial charge on any atom is -0.261 e. The summed E-state index contributed by atoms with van der Waals surface area (Å²) in [6.45, 7) is 6.21. The van der Waals surface area contributed by atoms with E-state index in [1.54, 1.807) is 11.8 Å². The van der Waals surface area contributed by atoms with Crippen LogP contribution in [0, 0.1) is 20.8 Å². The summed E-state index contributed by atoms with van der Waals surface area (Å²) >= 11 is 1.70. The highest BCUT2D eigenvalue weighted by Crippen LogP contribution is 2.25. The van der Waals surface area contributed by atoms with Crippen LogP contribution in [0.15, 0.2) is 17.2 Å². The fourth-order valence-corrected chi connectivity index (χ4v) is 2.39. The molecule has 0 atom stereocenters. The smallest absolute Gasteiger partial charge is 0.112 e. The van der Waals surface area contributed by atoms with Gasteiger partial charge in [-0.1, -0.05) is 6.07 Å². The number of hydrogen-bond acceptors (Lipinski definition) is 3. The van der Waals surface area contributed by atoms with Crippen molar-refractivity contribution in [3.63, 3.8) is 0 Å². The van der Waals surface area contributed by atoms with Crippen LogP contribution in [0.1, 0.15) is 16.8 Å². The number of thioether (sulfide) groups is 1. The molecule has 2 aromatic rings. The number of nitrogens with zero attached hydrogens (tertiary/aromatic N) is 3. The molecular formula is C13H17N3S. The van der Waals surface area contributed by atoms with E-state index in [1.165, 1.54) is 11.1 Å². The first-order chi connectivity index (χ1) is 8.02. The first kappa shape index (κ1) is 12.2. The number of aromatic nitrogens is 3. The quantitative estimate of drug-likeness (QED) is 0.764. The monoisotopic (exact) mass is 247 g/mol. The highest BCUT2D eigenvalue weighted by Gasteiger charge is 2.11. The average molecular weight is 247 g/mol. The van der Waals surface area contributed by atoms with Crippen LogP contribution in [-0.2, 0) is 7.05 Å². The maximum absolute atomic E-state index is 4.65. The Kier molecular flexibility index (Phi) is 3.24. The van der Waals surface area contributed by atoms with Gasteiger partial charge in [-0.25, -0.2) is 0 Å². The molecule has 0 saturated carbocycles. The standard InChI is InChI=1S/C13H17N3S/c1-8-6-9(2)13(14-10(8)3)11-7-12(17-5)16(4)15-11/h6-7H,1-5H3. The molecule has 2 aromatic heterocycles. The Bertz CT molecular complexity index is 558. The Morgan fingerprint density at radius 2 is 1.82 bits per heavy atom. The van der Waals surface area contributed by atoms with E-state index < -0.39 is 0 Å². The molecule has 0 aromatic carbocycles. The number of hydrogen-bond donors (Lipinski definition) is 0. The number of pyridine rings is 1. The van der Waals surface area contributed by atoms with Gasteiger partial charge in [-0.2, -0.15) is 5.10 Å². The third-order valence-electron chi connectivity index (χ3n) is 2.95. The molecular weight excluding hydrogens is 230 g/mol. The molecule has 0 unspecified atom stereocenters. The first-order valence-electron chi connectivity index (χ1n) is 5.56. The van der Waals surface area contributed by atoms with Crippen molar-refractivity contribution in [3.8, 4) is 11.4 Å². The van der Waals surface area contributed by atoms with Gasteiger partial charge in [-0.05, 0) is 44.2 Å². The molecule has 90 valence electrons. The normalized spacial score (nSPS) is 10.9. The Hall–Kier alpha value is -1.29. The SMILES string of the molecule is CSc1cc(-c2nc(C)c(C)cc2C)nn1C. The zero-order valence-electron chi connectivity index (χ0n) is 10.9. The molecule has 0 aliphatic carbocycles. The van der Waals surface area contributed by atoms with E-state index in [2.05, 4.69) is 42.3 Å². The van der Waals surface area contributed by atoms with Crippen LogP contribution >= 0.6 is 11.8 Å². The van der Waals surface area contributed by atoms with Gasteiger partial charge in [0, 0.05) is 12.7 Å². The zero-order valence-corrected chi connectivity index (χ0v) is 11.7. The maximum Gasteiger partial charge on any atom is 0.112 e. The summed E-state index contributed by atoms with van der Waals surface area (Å²) < 4.78 is 1.90. The van der Waals surface area contributed by atoms with Crippen LogP contribution < -0.4 is 0 Å². The first-order valence-corrected chi connectivity index (χ1v) is 6.78. The molecule has 4 heteroatoms.